The number of ether oxygens (including phenoxy) is 3. The van der Waals surface area contributed by atoms with Crippen LogP contribution >= 0.6 is 11.6 Å². The molecule has 3 atom stereocenters. The lowest BCUT2D eigenvalue weighted by atomic mass is 9.86. The minimum Gasteiger partial charge on any atom is -0.488 e. The van der Waals surface area contributed by atoms with Crippen LogP contribution < -0.4 is 4.74 Å². The minimum atomic E-state index is -0.912. The quantitative estimate of drug-likeness (QED) is 0.354. The summed E-state index contributed by atoms with van der Waals surface area (Å²) in [5, 5.41) is 19.7. The molecule has 2 fully saturated rings. The second-order valence-electron chi connectivity index (χ2n) is 8.39. The minimum absolute atomic E-state index is 0.0635. The number of Topliss-reactive ketones (excluding diaryl/α,β-unsaturated/α-hetero) is 1. The Morgan fingerprint density at radius 3 is 2.62 bits per heavy atom. The molecule has 1 heterocycles. The molecule has 0 amide bonds. The molecule has 0 radical (unpaired) electrons. The summed E-state index contributed by atoms with van der Waals surface area (Å²) >= 11 is 5.92. The third-order valence-corrected chi connectivity index (χ3v) is 6.35. The maximum absolute atomic E-state index is 12.6. The summed E-state index contributed by atoms with van der Waals surface area (Å²) in [6.45, 7) is 1.13. The number of carboxylic acid groups (broad SMARTS) is 1. The van der Waals surface area contributed by atoms with Gasteiger partial charge in [-0.05, 0) is 55.9 Å². The molecule has 0 spiro atoms. The van der Waals surface area contributed by atoms with Gasteiger partial charge in [-0.25, -0.2) is 0 Å². The monoisotopic (exact) mass is 466 g/mol. The molecular weight excluding hydrogens is 436 g/mol. The number of aliphatic hydroxyl groups is 1. The summed E-state index contributed by atoms with van der Waals surface area (Å²) in [4.78, 5) is 23.1. The highest BCUT2D eigenvalue weighted by Gasteiger charge is 2.44. The Bertz CT molecular complexity index is 786. The van der Waals surface area contributed by atoms with Gasteiger partial charge in [0.1, 0.15) is 18.1 Å². The molecule has 1 aliphatic heterocycles. The number of aliphatic carboxylic acids is 1. The zero-order valence-electron chi connectivity index (χ0n) is 18.1. The maximum atomic E-state index is 12.6. The van der Waals surface area contributed by atoms with Crippen LogP contribution in [0.2, 0.25) is 5.02 Å². The molecule has 0 unspecified atom stereocenters. The number of carboxylic acids is 1. The van der Waals surface area contributed by atoms with Gasteiger partial charge in [-0.15, -0.1) is 0 Å². The highest BCUT2D eigenvalue weighted by molar-refractivity contribution is 6.30. The second-order valence-corrected chi connectivity index (χ2v) is 8.83. The molecule has 7 nitrogen and oxygen atoms in total. The van der Waals surface area contributed by atoms with Crippen LogP contribution in [0.25, 0.3) is 0 Å². The van der Waals surface area contributed by atoms with Gasteiger partial charge < -0.3 is 24.4 Å². The first-order chi connectivity index (χ1) is 15.4. The number of unbranched alkanes of at least 4 members (excludes halogenated alkanes) is 1. The molecule has 2 N–H and O–H groups in total. The van der Waals surface area contributed by atoms with E-state index in [4.69, 9.17) is 30.9 Å². The number of carbonyl (C=O) groups is 2. The number of hydrogen-bond acceptors (Lipinski definition) is 6. The molecule has 3 rings (SSSR count). The van der Waals surface area contributed by atoms with Crippen molar-refractivity contribution < 1.29 is 34.0 Å². The first-order valence-corrected chi connectivity index (χ1v) is 11.5. The largest absolute Gasteiger partial charge is 0.488 e. The third kappa shape index (κ3) is 7.04. The van der Waals surface area contributed by atoms with E-state index in [0.717, 1.165) is 0 Å². The predicted molar refractivity (Wildman–Crippen MR) is 119 cm³/mol. The first kappa shape index (κ1) is 24.7. The Morgan fingerprint density at radius 2 is 1.94 bits per heavy atom. The average Bonchev–Trinajstić information content (AvgIpc) is 3.33. The number of hydrogen-bond donors (Lipinski definition) is 2. The number of halogens is 1. The van der Waals surface area contributed by atoms with Crippen molar-refractivity contribution in [2.75, 3.05) is 19.8 Å². The van der Waals surface area contributed by atoms with E-state index >= 15 is 0 Å². The van der Waals surface area contributed by atoms with Crippen molar-refractivity contribution in [3.63, 3.8) is 0 Å². The highest BCUT2D eigenvalue weighted by Crippen LogP contribution is 2.38. The molecule has 2 aliphatic rings. The van der Waals surface area contributed by atoms with Crippen LogP contribution in [0.1, 0.15) is 44.9 Å². The van der Waals surface area contributed by atoms with Gasteiger partial charge in [-0.3, -0.25) is 9.59 Å². The van der Waals surface area contributed by atoms with Gasteiger partial charge in [-0.2, -0.15) is 0 Å². The number of carbonyl (C=O) groups excluding carboxylic acids is 1. The summed E-state index contributed by atoms with van der Waals surface area (Å²) in [5.41, 5.74) is 0. The molecule has 1 aromatic rings. The lowest BCUT2D eigenvalue weighted by Crippen LogP contribution is -2.38. The Hall–Kier alpha value is -1.93. The Morgan fingerprint density at radius 1 is 1.22 bits per heavy atom. The molecule has 1 aliphatic carbocycles. The van der Waals surface area contributed by atoms with E-state index in [1.54, 1.807) is 24.3 Å². The van der Waals surface area contributed by atoms with Gasteiger partial charge in [0.25, 0.3) is 0 Å². The van der Waals surface area contributed by atoms with Crippen molar-refractivity contribution in [3.8, 4) is 5.75 Å². The van der Waals surface area contributed by atoms with Crippen LogP contribution in [0.4, 0.5) is 0 Å². The zero-order chi connectivity index (χ0) is 23.0. The van der Waals surface area contributed by atoms with E-state index < -0.39 is 17.9 Å². The predicted octanol–water partition coefficient (Wildman–Crippen LogP) is 4.01. The fourth-order valence-electron chi connectivity index (χ4n) is 4.35. The molecule has 1 saturated carbocycles. The Labute approximate surface area is 193 Å². The molecule has 1 saturated heterocycles. The van der Waals surface area contributed by atoms with E-state index in [9.17, 15) is 14.7 Å². The standard InChI is InChI=1S/C24H31ClO7/c25-17-7-9-18(10-8-17)30-16-24(31-13-14-32-24)12-11-20-19(21(26)15-22(20)27)5-3-1-2-4-6-23(28)29/h1,3,7-10,19-21,26H,2,4-6,11-16H2,(H,28,29)/b3-1-/t19-,20-,21+/m1/s1. The Kier molecular flexibility index (Phi) is 9.11. The molecule has 8 heteroatoms. The van der Waals surface area contributed by atoms with E-state index in [2.05, 4.69) is 0 Å². The van der Waals surface area contributed by atoms with Crippen molar-refractivity contribution in [1.82, 2.24) is 0 Å². The number of ketones is 1. The third-order valence-electron chi connectivity index (χ3n) is 6.09. The average molecular weight is 467 g/mol. The molecular formula is C24H31ClO7. The SMILES string of the molecule is O=C(O)CCC/C=C\C[C@H]1[C@@H](O)CC(=O)[C@@H]1CCC1(COc2ccc(Cl)cc2)OCCO1. The molecule has 32 heavy (non-hydrogen) atoms. The van der Waals surface area contributed by atoms with Crippen molar-refractivity contribution in [1.29, 1.82) is 0 Å². The van der Waals surface area contributed by atoms with Gasteiger partial charge in [0.05, 0.1) is 19.3 Å². The summed E-state index contributed by atoms with van der Waals surface area (Å²) in [6.07, 6.45) is 6.37. The second kappa shape index (κ2) is 11.8. The summed E-state index contributed by atoms with van der Waals surface area (Å²) in [6, 6.07) is 7.05. The lowest BCUT2D eigenvalue weighted by Gasteiger charge is -2.29. The summed E-state index contributed by atoms with van der Waals surface area (Å²) in [5.74, 6) is -1.42. The maximum Gasteiger partial charge on any atom is 0.303 e. The summed E-state index contributed by atoms with van der Waals surface area (Å²) in [7, 11) is 0. The van der Waals surface area contributed by atoms with Crippen LogP contribution in [0.15, 0.2) is 36.4 Å². The van der Waals surface area contributed by atoms with Crippen molar-refractivity contribution in [2.45, 2.75) is 56.8 Å². The molecule has 176 valence electrons. The number of aliphatic hydroxyl groups excluding tert-OH is 1. The van der Waals surface area contributed by atoms with Crippen LogP contribution in [-0.4, -0.2) is 53.7 Å². The smallest absolute Gasteiger partial charge is 0.303 e. The first-order valence-electron chi connectivity index (χ1n) is 11.1. The van der Waals surface area contributed by atoms with Gasteiger partial charge in [0.2, 0.25) is 5.79 Å². The number of allylic oxidation sites excluding steroid dienone is 2. The van der Waals surface area contributed by atoms with Gasteiger partial charge >= 0.3 is 5.97 Å². The van der Waals surface area contributed by atoms with Crippen LogP contribution in [0.3, 0.4) is 0 Å². The molecule has 1 aromatic carbocycles. The van der Waals surface area contributed by atoms with E-state index in [1.807, 2.05) is 12.2 Å². The van der Waals surface area contributed by atoms with Gasteiger partial charge in [-0.1, -0.05) is 23.8 Å². The molecule has 0 aromatic heterocycles. The van der Waals surface area contributed by atoms with E-state index in [0.29, 0.717) is 56.1 Å². The topological polar surface area (TPSA) is 102 Å². The molecule has 0 bridgehead atoms. The Balaban J connectivity index is 1.53. The highest BCUT2D eigenvalue weighted by atomic mass is 35.5. The van der Waals surface area contributed by atoms with Crippen molar-refractivity contribution in [2.24, 2.45) is 11.8 Å². The van der Waals surface area contributed by atoms with Gasteiger partial charge in [0.15, 0.2) is 0 Å². The van der Waals surface area contributed by atoms with Crippen molar-refractivity contribution >= 4 is 23.4 Å². The summed E-state index contributed by atoms with van der Waals surface area (Å²) < 4.78 is 17.6. The fraction of sp³-hybridized carbons (Fsp3) is 0.583. The normalized spacial score (nSPS) is 24.9. The van der Waals surface area contributed by atoms with Crippen LogP contribution in [-0.2, 0) is 19.1 Å². The van der Waals surface area contributed by atoms with Crippen LogP contribution in [0, 0.1) is 11.8 Å². The lowest BCUT2D eigenvalue weighted by molar-refractivity contribution is -0.184. The van der Waals surface area contributed by atoms with E-state index in [-0.39, 0.29) is 37.1 Å². The van der Waals surface area contributed by atoms with Crippen molar-refractivity contribution in [3.05, 3.63) is 41.4 Å². The zero-order valence-corrected chi connectivity index (χ0v) is 18.8. The fourth-order valence-corrected chi connectivity index (χ4v) is 4.48. The number of rotatable bonds is 12. The van der Waals surface area contributed by atoms with Gasteiger partial charge in [0, 0.05) is 30.2 Å². The van der Waals surface area contributed by atoms with Crippen LogP contribution in [0.5, 0.6) is 5.75 Å². The van der Waals surface area contributed by atoms with E-state index in [1.165, 1.54) is 0 Å². The number of benzene rings is 1.